The molecule has 14 rings (SSSR count). The van der Waals surface area contributed by atoms with Crippen molar-refractivity contribution in [2.45, 2.75) is 98.1 Å². The molecule has 7 nitrogen and oxygen atoms in total. The van der Waals surface area contributed by atoms with Crippen molar-refractivity contribution in [3.05, 3.63) is 117 Å². The van der Waals surface area contributed by atoms with Crippen molar-refractivity contribution >= 4 is 17.2 Å². The minimum atomic E-state index is -0.559. The predicted molar refractivity (Wildman–Crippen MR) is 199 cm³/mol. The third-order valence-corrected chi connectivity index (χ3v) is 15.9. The molecule has 4 atom stereocenters. The van der Waals surface area contributed by atoms with E-state index in [1.54, 1.807) is 0 Å². The zero-order valence-electron chi connectivity index (χ0n) is 30.3. The van der Waals surface area contributed by atoms with Gasteiger partial charge >= 0.3 is 0 Å². The Kier molecular flexibility index (Phi) is 6.26. The Bertz CT molecular complexity index is 2140. The van der Waals surface area contributed by atoms with E-state index in [0.29, 0.717) is 61.2 Å². The molecule has 2 aromatic heterocycles. The number of aliphatic hydroxyl groups is 2. The number of rotatable bonds is 6. The van der Waals surface area contributed by atoms with Crippen LogP contribution in [-0.4, -0.2) is 52.1 Å². The van der Waals surface area contributed by atoms with Crippen LogP contribution in [0.15, 0.2) is 60.9 Å². The SMILES string of the molecule is O=C(c1ncc(F)cc1N1CCC2(CC(O)c3cc(C45CC(C4)C5)ccc32)C1)c1ncc(F)cc1N1CCC2(CC(O)c3cc(C45CC(C4)C5)ccc32)C1. The van der Waals surface area contributed by atoms with Crippen molar-refractivity contribution in [3.8, 4) is 0 Å². The number of benzene rings is 2. The molecule has 2 aromatic carbocycles. The summed E-state index contributed by atoms with van der Waals surface area (Å²) >= 11 is 0. The van der Waals surface area contributed by atoms with Crippen molar-refractivity contribution in [3.63, 3.8) is 0 Å². The Hall–Kier alpha value is -4.21. The molecule has 4 aromatic rings. The molecule has 0 radical (unpaired) electrons. The first kappa shape index (κ1) is 32.1. The molecule has 9 heteroatoms. The van der Waals surface area contributed by atoms with Crippen LogP contribution in [0.2, 0.25) is 0 Å². The molecule has 276 valence electrons. The van der Waals surface area contributed by atoms with Crippen molar-refractivity contribution in [1.82, 2.24) is 9.97 Å². The van der Waals surface area contributed by atoms with E-state index in [1.807, 2.05) is 9.80 Å². The van der Waals surface area contributed by atoms with Gasteiger partial charge in [-0.2, -0.15) is 0 Å². The summed E-state index contributed by atoms with van der Waals surface area (Å²) in [5.74, 6) is 0.185. The van der Waals surface area contributed by atoms with E-state index in [-0.39, 0.29) is 22.2 Å². The minimum absolute atomic E-state index is 0.0863. The van der Waals surface area contributed by atoms with E-state index in [9.17, 15) is 15.0 Å². The molecule has 8 fully saturated rings. The van der Waals surface area contributed by atoms with Crippen LogP contribution in [0.4, 0.5) is 20.2 Å². The summed E-state index contributed by atoms with van der Waals surface area (Å²) in [6.07, 6.45) is 11.3. The summed E-state index contributed by atoms with van der Waals surface area (Å²) in [6, 6.07) is 16.2. The Morgan fingerprint density at radius 3 is 1.43 bits per heavy atom. The predicted octanol–water partition coefficient (Wildman–Crippen LogP) is 7.26. The van der Waals surface area contributed by atoms with Crippen molar-refractivity contribution < 1.29 is 23.8 Å². The first-order chi connectivity index (χ1) is 26.0. The Morgan fingerprint density at radius 2 is 1.04 bits per heavy atom. The number of aromatic nitrogens is 2. The zero-order valence-corrected chi connectivity index (χ0v) is 30.3. The van der Waals surface area contributed by atoms with Gasteiger partial charge < -0.3 is 20.0 Å². The lowest BCUT2D eigenvalue weighted by atomic mass is 9.42. The fourth-order valence-electron chi connectivity index (χ4n) is 12.9. The van der Waals surface area contributed by atoms with Gasteiger partial charge in [0.25, 0.3) is 0 Å². The molecular formula is C45H44F2N4O3. The summed E-state index contributed by atoms with van der Waals surface area (Å²) in [5, 5.41) is 22.7. The highest BCUT2D eigenvalue weighted by molar-refractivity contribution is 6.13. The quantitative estimate of drug-likeness (QED) is 0.202. The number of aliphatic hydroxyl groups excluding tert-OH is 2. The maximum atomic E-state index is 15.0. The second-order valence-electron chi connectivity index (χ2n) is 18.8. The topological polar surface area (TPSA) is 89.8 Å². The Labute approximate surface area is 313 Å². The largest absolute Gasteiger partial charge is 0.388 e. The number of carbonyl (C=O) groups excluding carboxylic acids is 1. The van der Waals surface area contributed by atoms with Gasteiger partial charge in [0.05, 0.1) is 36.0 Å². The molecular weight excluding hydrogens is 683 g/mol. The van der Waals surface area contributed by atoms with Crippen molar-refractivity contribution in [2.24, 2.45) is 11.8 Å². The summed E-state index contributed by atoms with van der Waals surface area (Å²) in [4.78, 5) is 27.4. The maximum Gasteiger partial charge on any atom is 0.233 e. The molecule has 10 aliphatic rings. The summed E-state index contributed by atoms with van der Waals surface area (Å²) < 4.78 is 30.0. The molecule has 2 saturated heterocycles. The van der Waals surface area contributed by atoms with Crippen molar-refractivity contribution in [2.75, 3.05) is 36.0 Å². The number of hydrogen-bond donors (Lipinski definition) is 2. The number of nitrogens with zero attached hydrogens (tertiary/aromatic N) is 4. The normalized spacial score (nSPS) is 36.1. The Balaban J connectivity index is 0.843. The summed E-state index contributed by atoms with van der Waals surface area (Å²) in [5.41, 5.74) is 8.01. The van der Waals surface area contributed by atoms with Crippen LogP contribution in [0.1, 0.15) is 126 Å². The second kappa shape index (κ2) is 10.5. The fourth-order valence-corrected chi connectivity index (χ4v) is 12.9. The lowest BCUT2D eigenvalue weighted by Crippen LogP contribution is -2.55. The van der Waals surface area contributed by atoms with Crippen LogP contribution in [0, 0.1) is 23.5 Å². The van der Waals surface area contributed by atoms with Gasteiger partial charge in [-0.15, -0.1) is 0 Å². The van der Waals surface area contributed by atoms with Gasteiger partial charge in [-0.05, 0) is 120 Å². The molecule has 2 aliphatic heterocycles. The first-order valence-corrected chi connectivity index (χ1v) is 20.1. The van der Waals surface area contributed by atoms with Gasteiger partial charge in [-0.1, -0.05) is 36.4 Å². The highest BCUT2D eigenvalue weighted by Gasteiger charge is 2.59. The highest BCUT2D eigenvalue weighted by atomic mass is 19.1. The lowest BCUT2D eigenvalue weighted by Gasteiger charge is -2.62. The average Bonchev–Trinajstić information content (AvgIpc) is 3.83. The van der Waals surface area contributed by atoms with Gasteiger partial charge in [0, 0.05) is 49.1 Å². The smallest absolute Gasteiger partial charge is 0.233 e. The fraction of sp³-hybridized carbons (Fsp3) is 0.489. The van der Waals surface area contributed by atoms with Crippen LogP contribution >= 0.6 is 0 Å². The van der Waals surface area contributed by atoms with Crippen LogP contribution in [0.3, 0.4) is 0 Å². The zero-order chi connectivity index (χ0) is 36.4. The van der Waals surface area contributed by atoms with Gasteiger partial charge in [-0.25, -0.2) is 18.7 Å². The molecule has 4 heterocycles. The lowest BCUT2D eigenvalue weighted by molar-refractivity contribution is -0.0276. The molecule has 4 bridgehead atoms. The number of pyridine rings is 2. The number of anilines is 2. The molecule has 8 aliphatic carbocycles. The van der Waals surface area contributed by atoms with Gasteiger partial charge in [0.1, 0.15) is 23.0 Å². The van der Waals surface area contributed by atoms with Crippen LogP contribution in [0.25, 0.3) is 0 Å². The third-order valence-electron chi connectivity index (χ3n) is 15.9. The van der Waals surface area contributed by atoms with E-state index in [4.69, 9.17) is 0 Å². The van der Waals surface area contributed by atoms with Gasteiger partial charge in [0.2, 0.25) is 5.78 Å². The Morgan fingerprint density at radius 1 is 0.611 bits per heavy atom. The van der Waals surface area contributed by atoms with Crippen LogP contribution < -0.4 is 9.80 Å². The standard InChI is InChI=1S/C45H44F2N4O3/c46-29-11-35(50-7-5-42(23-50)19-37(52)31-9-27(1-3-33(31)42)44-13-25(14-44)15-44)39(48-21-29)41(54)40-36(12-30(47)22-49-40)51-8-6-43(24-51)20-38(53)32-10-28(2-4-34(32)43)45-16-26(17-45)18-45/h1-4,9-12,21-22,25-26,37-38,52-53H,5-8,13-20,23-24H2. The number of hydrogen-bond acceptors (Lipinski definition) is 7. The molecule has 6 saturated carbocycles. The molecule has 0 amide bonds. The minimum Gasteiger partial charge on any atom is -0.388 e. The summed E-state index contributed by atoms with van der Waals surface area (Å²) in [7, 11) is 0. The number of carbonyl (C=O) groups is 1. The van der Waals surface area contributed by atoms with Gasteiger partial charge in [-0.3, -0.25) is 4.79 Å². The molecule has 2 spiro atoms. The van der Waals surface area contributed by atoms with E-state index >= 15 is 8.78 Å². The number of fused-ring (bicyclic) bond motifs is 4. The van der Waals surface area contributed by atoms with E-state index in [1.165, 1.54) is 61.8 Å². The molecule has 4 unspecified atom stereocenters. The van der Waals surface area contributed by atoms with Crippen LogP contribution in [-0.2, 0) is 21.7 Å². The number of ketones is 1. The first-order valence-electron chi connectivity index (χ1n) is 20.1. The monoisotopic (exact) mass is 726 g/mol. The highest BCUT2D eigenvalue weighted by Crippen LogP contribution is 2.67. The summed E-state index contributed by atoms with van der Waals surface area (Å²) in [6.45, 7) is 2.21. The van der Waals surface area contributed by atoms with Gasteiger partial charge in [0.15, 0.2) is 0 Å². The second-order valence-corrected chi connectivity index (χ2v) is 18.8. The molecule has 54 heavy (non-hydrogen) atoms. The number of halogens is 2. The molecule has 2 N–H and O–H groups in total. The van der Waals surface area contributed by atoms with E-state index < -0.39 is 29.6 Å². The third kappa shape index (κ3) is 4.20. The van der Waals surface area contributed by atoms with E-state index in [2.05, 4.69) is 46.4 Å². The van der Waals surface area contributed by atoms with Crippen LogP contribution in [0.5, 0.6) is 0 Å². The van der Waals surface area contributed by atoms with Crippen molar-refractivity contribution in [1.29, 1.82) is 0 Å². The maximum absolute atomic E-state index is 15.0. The van der Waals surface area contributed by atoms with E-state index in [0.717, 1.165) is 59.3 Å². The average molecular weight is 727 g/mol.